The second kappa shape index (κ2) is 8.95. The average molecular weight is 245 g/mol. The highest BCUT2D eigenvalue weighted by Crippen LogP contribution is 1.95. The molecule has 0 rings (SSSR count). The molecule has 0 bridgehead atoms. The summed E-state index contributed by atoms with van der Waals surface area (Å²) < 4.78 is 4.87. The molecule has 0 spiro atoms. The van der Waals surface area contributed by atoms with E-state index >= 15 is 0 Å². The summed E-state index contributed by atoms with van der Waals surface area (Å²) in [6.07, 6.45) is 1.28. The van der Waals surface area contributed by atoms with E-state index in [9.17, 15) is 9.59 Å². The summed E-state index contributed by atoms with van der Waals surface area (Å²) in [6.45, 7) is 3.07. The number of nitrogens with zero attached hydrogens (tertiary/aromatic N) is 1. The SMILES string of the molecule is CCN(C)C(=O)CNC(=O)C(N)CCCOC. The fourth-order valence-corrected chi connectivity index (χ4v) is 1.18. The van der Waals surface area contributed by atoms with Gasteiger partial charge in [-0.3, -0.25) is 9.59 Å². The first-order valence-corrected chi connectivity index (χ1v) is 5.79. The Labute approximate surface area is 102 Å². The van der Waals surface area contributed by atoms with Crippen molar-refractivity contribution >= 4 is 11.8 Å². The Morgan fingerprint density at radius 3 is 2.65 bits per heavy atom. The van der Waals surface area contributed by atoms with Crippen molar-refractivity contribution in [1.82, 2.24) is 10.2 Å². The third-order valence-electron chi connectivity index (χ3n) is 2.51. The third-order valence-corrected chi connectivity index (χ3v) is 2.51. The fourth-order valence-electron chi connectivity index (χ4n) is 1.18. The van der Waals surface area contributed by atoms with Crippen molar-refractivity contribution in [3.63, 3.8) is 0 Å². The van der Waals surface area contributed by atoms with E-state index < -0.39 is 6.04 Å². The van der Waals surface area contributed by atoms with Crippen LogP contribution in [0, 0.1) is 0 Å². The molecule has 0 aliphatic rings. The summed E-state index contributed by atoms with van der Waals surface area (Å²) >= 11 is 0. The lowest BCUT2D eigenvalue weighted by Gasteiger charge is -2.16. The van der Waals surface area contributed by atoms with Gasteiger partial charge in [-0.25, -0.2) is 0 Å². The highest BCUT2D eigenvalue weighted by molar-refractivity contribution is 5.87. The first kappa shape index (κ1) is 15.9. The number of nitrogens with one attached hydrogen (secondary N) is 1. The van der Waals surface area contributed by atoms with Crippen molar-refractivity contribution in [2.24, 2.45) is 5.73 Å². The number of likely N-dealkylation sites (N-methyl/N-ethyl adjacent to an activating group) is 1. The molecule has 1 unspecified atom stereocenters. The van der Waals surface area contributed by atoms with Crippen LogP contribution >= 0.6 is 0 Å². The number of methoxy groups -OCH3 is 1. The number of hydrogen-bond acceptors (Lipinski definition) is 4. The maximum absolute atomic E-state index is 11.5. The molecule has 6 heteroatoms. The van der Waals surface area contributed by atoms with Crippen LogP contribution in [0.15, 0.2) is 0 Å². The smallest absolute Gasteiger partial charge is 0.241 e. The minimum atomic E-state index is -0.579. The molecule has 0 aliphatic carbocycles. The zero-order valence-corrected chi connectivity index (χ0v) is 10.9. The molecule has 0 fully saturated rings. The number of rotatable bonds is 8. The van der Waals surface area contributed by atoms with Gasteiger partial charge in [-0.05, 0) is 19.8 Å². The predicted molar refractivity (Wildman–Crippen MR) is 65.4 cm³/mol. The van der Waals surface area contributed by atoms with Gasteiger partial charge in [0.2, 0.25) is 11.8 Å². The molecule has 0 aromatic carbocycles. The molecule has 0 aliphatic heterocycles. The van der Waals surface area contributed by atoms with E-state index in [1.54, 1.807) is 14.2 Å². The lowest BCUT2D eigenvalue weighted by Crippen LogP contribution is -2.45. The minimum Gasteiger partial charge on any atom is -0.385 e. The Bertz CT molecular complexity index is 246. The van der Waals surface area contributed by atoms with Gasteiger partial charge in [0.05, 0.1) is 12.6 Å². The zero-order chi connectivity index (χ0) is 13.3. The summed E-state index contributed by atoms with van der Waals surface area (Å²) in [5, 5.41) is 2.53. The van der Waals surface area contributed by atoms with Gasteiger partial charge in [-0.1, -0.05) is 0 Å². The second-order valence-electron chi connectivity index (χ2n) is 3.87. The fraction of sp³-hybridized carbons (Fsp3) is 0.818. The van der Waals surface area contributed by atoms with E-state index in [-0.39, 0.29) is 18.4 Å². The predicted octanol–water partition coefficient (Wildman–Crippen LogP) is -0.665. The van der Waals surface area contributed by atoms with Crippen LogP contribution < -0.4 is 11.1 Å². The van der Waals surface area contributed by atoms with Crippen molar-refractivity contribution in [3.8, 4) is 0 Å². The number of ether oxygens (including phenoxy) is 1. The van der Waals surface area contributed by atoms with Crippen molar-refractivity contribution in [3.05, 3.63) is 0 Å². The lowest BCUT2D eigenvalue weighted by atomic mass is 10.1. The number of amides is 2. The van der Waals surface area contributed by atoms with E-state index in [2.05, 4.69) is 5.32 Å². The van der Waals surface area contributed by atoms with E-state index in [0.717, 1.165) is 6.42 Å². The molecule has 1 atom stereocenters. The van der Waals surface area contributed by atoms with Crippen molar-refractivity contribution in [2.45, 2.75) is 25.8 Å². The van der Waals surface area contributed by atoms with E-state index in [0.29, 0.717) is 19.6 Å². The maximum atomic E-state index is 11.5. The Morgan fingerprint density at radius 2 is 2.12 bits per heavy atom. The van der Waals surface area contributed by atoms with Crippen LogP contribution in [0.5, 0.6) is 0 Å². The number of nitrogens with two attached hydrogens (primary N) is 1. The van der Waals surface area contributed by atoms with Crippen molar-refractivity contribution in [1.29, 1.82) is 0 Å². The van der Waals surface area contributed by atoms with Crippen LogP contribution in [0.25, 0.3) is 0 Å². The topological polar surface area (TPSA) is 84.7 Å². The molecule has 100 valence electrons. The molecular formula is C11H23N3O3. The van der Waals surface area contributed by atoms with Crippen molar-refractivity contribution in [2.75, 3.05) is 33.9 Å². The summed E-state index contributed by atoms with van der Waals surface area (Å²) in [5.74, 6) is -0.413. The van der Waals surface area contributed by atoms with Gasteiger partial charge < -0.3 is 20.7 Å². The molecule has 0 saturated carbocycles. The van der Waals surface area contributed by atoms with Crippen LogP contribution in [-0.4, -0.2) is 56.6 Å². The van der Waals surface area contributed by atoms with Gasteiger partial charge in [0.1, 0.15) is 0 Å². The molecule has 2 amide bonds. The number of carbonyl (C=O) groups is 2. The van der Waals surface area contributed by atoms with E-state index in [1.807, 2.05) is 6.92 Å². The molecule has 17 heavy (non-hydrogen) atoms. The highest BCUT2D eigenvalue weighted by Gasteiger charge is 2.14. The van der Waals surface area contributed by atoms with E-state index in [1.165, 1.54) is 4.90 Å². The summed E-state index contributed by atoms with van der Waals surface area (Å²) in [5.41, 5.74) is 5.66. The van der Waals surface area contributed by atoms with Crippen molar-refractivity contribution < 1.29 is 14.3 Å². The Hall–Kier alpha value is -1.14. The summed E-state index contributed by atoms with van der Waals surface area (Å²) in [4.78, 5) is 24.5. The zero-order valence-electron chi connectivity index (χ0n) is 10.9. The van der Waals surface area contributed by atoms with Crippen LogP contribution in [0.1, 0.15) is 19.8 Å². The van der Waals surface area contributed by atoms with Gasteiger partial charge >= 0.3 is 0 Å². The quantitative estimate of drug-likeness (QED) is 0.556. The van der Waals surface area contributed by atoms with Gasteiger partial charge in [0.25, 0.3) is 0 Å². The Kier molecular flexibility index (Phi) is 8.35. The number of carbonyl (C=O) groups excluding carboxylic acids is 2. The van der Waals surface area contributed by atoms with Crippen LogP contribution in [0.2, 0.25) is 0 Å². The lowest BCUT2D eigenvalue weighted by molar-refractivity contribution is -0.132. The molecule has 0 heterocycles. The maximum Gasteiger partial charge on any atom is 0.241 e. The standard InChI is InChI=1S/C11H23N3O3/c1-4-14(2)10(15)8-13-11(16)9(12)6-5-7-17-3/h9H,4-8,12H2,1-3H3,(H,13,16). The summed E-state index contributed by atoms with van der Waals surface area (Å²) in [7, 11) is 3.29. The van der Waals surface area contributed by atoms with Gasteiger partial charge in [-0.15, -0.1) is 0 Å². The van der Waals surface area contributed by atoms with Gasteiger partial charge in [-0.2, -0.15) is 0 Å². The van der Waals surface area contributed by atoms with E-state index in [4.69, 9.17) is 10.5 Å². The summed E-state index contributed by atoms with van der Waals surface area (Å²) in [6, 6.07) is -0.579. The third kappa shape index (κ3) is 6.91. The van der Waals surface area contributed by atoms with Gasteiger partial charge in [0, 0.05) is 27.3 Å². The molecular weight excluding hydrogens is 222 g/mol. The molecule has 0 radical (unpaired) electrons. The molecule has 6 nitrogen and oxygen atoms in total. The molecule has 0 aromatic heterocycles. The Morgan fingerprint density at radius 1 is 1.47 bits per heavy atom. The van der Waals surface area contributed by atoms with Gasteiger partial charge in [0.15, 0.2) is 0 Å². The van der Waals surface area contributed by atoms with Crippen LogP contribution in [-0.2, 0) is 14.3 Å². The second-order valence-corrected chi connectivity index (χ2v) is 3.87. The Balaban J connectivity index is 3.81. The normalized spacial score (nSPS) is 12.0. The minimum absolute atomic E-state index is 0.00114. The monoisotopic (exact) mass is 245 g/mol. The van der Waals surface area contributed by atoms with Crippen LogP contribution in [0.4, 0.5) is 0 Å². The molecule has 3 N–H and O–H groups in total. The first-order valence-electron chi connectivity index (χ1n) is 5.79. The largest absolute Gasteiger partial charge is 0.385 e. The van der Waals surface area contributed by atoms with Crippen LogP contribution in [0.3, 0.4) is 0 Å². The first-order chi connectivity index (χ1) is 8.02. The highest BCUT2D eigenvalue weighted by atomic mass is 16.5. The average Bonchev–Trinajstić information content (AvgIpc) is 2.34. The number of hydrogen-bond donors (Lipinski definition) is 2. The molecule has 0 aromatic rings. The molecule has 0 saturated heterocycles.